The van der Waals surface area contributed by atoms with Crippen LogP contribution in [0.1, 0.15) is 57.6 Å². The summed E-state index contributed by atoms with van der Waals surface area (Å²) >= 11 is 0. The number of hydrogen-bond acceptors (Lipinski definition) is 3. The maximum atomic E-state index is 12.2. The second kappa shape index (κ2) is 9.14. The molecule has 5 heteroatoms. The Balaban J connectivity index is 1.59. The summed E-state index contributed by atoms with van der Waals surface area (Å²) in [5, 5.41) is 1.20. The van der Waals surface area contributed by atoms with Gasteiger partial charge in [-0.05, 0) is 88.4 Å². The number of nitrogens with zero attached hydrogens (tertiary/aromatic N) is 2. The van der Waals surface area contributed by atoms with Crippen LogP contribution in [-0.2, 0) is 7.05 Å². The molecule has 32 heavy (non-hydrogen) atoms. The van der Waals surface area contributed by atoms with E-state index in [9.17, 15) is 4.79 Å². The van der Waals surface area contributed by atoms with Gasteiger partial charge in [-0.25, -0.2) is 0 Å². The Kier molecular flexibility index (Phi) is 6.47. The Bertz CT molecular complexity index is 1120. The second-order valence-corrected chi connectivity index (χ2v) is 9.99. The number of pyridine rings is 1. The number of likely N-dealkylation sites (tertiary alicyclic amines) is 1. The van der Waals surface area contributed by atoms with E-state index in [0.717, 1.165) is 34.7 Å². The van der Waals surface area contributed by atoms with Gasteiger partial charge in [0.15, 0.2) is 0 Å². The Morgan fingerprint density at radius 2 is 1.84 bits per heavy atom. The highest BCUT2D eigenvalue weighted by molar-refractivity contribution is 5.92. The van der Waals surface area contributed by atoms with Gasteiger partial charge in [-0.15, -0.1) is 0 Å². The van der Waals surface area contributed by atoms with Gasteiger partial charge in [0.25, 0.3) is 5.56 Å². The lowest BCUT2D eigenvalue weighted by molar-refractivity contribution is 0.119. The average Bonchev–Trinajstić information content (AvgIpc) is 3.15. The number of hydrogen-bond donors (Lipinski definition) is 1. The number of aryl methyl sites for hydroxylation is 2. The summed E-state index contributed by atoms with van der Waals surface area (Å²) in [6.45, 7) is 14.0. The van der Waals surface area contributed by atoms with Crippen LogP contribution in [0.4, 0.5) is 0 Å². The van der Waals surface area contributed by atoms with Crippen LogP contribution in [0.3, 0.4) is 0 Å². The summed E-state index contributed by atoms with van der Waals surface area (Å²) < 4.78 is 7.94. The molecule has 1 aromatic carbocycles. The van der Waals surface area contributed by atoms with Crippen LogP contribution in [0.15, 0.2) is 35.3 Å². The van der Waals surface area contributed by atoms with E-state index in [4.69, 9.17) is 4.74 Å². The zero-order chi connectivity index (χ0) is 23.0. The quantitative estimate of drug-likeness (QED) is 0.559. The van der Waals surface area contributed by atoms with E-state index in [1.807, 2.05) is 26.2 Å². The fourth-order valence-corrected chi connectivity index (χ4v) is 4.97. The molecule has 3 aromatic rings. The van der Waals surface area contributed by atoms with Crippen LogP contribution in [0, 0.1) is 12.8 Å². The van der Waals surface area contributed by atoms with Crippen LogP contribution in [-0.4, -0.2) is 40.2 Å². The van der Waals surface area contributed by atoms with Crippen molar-refractivity contribution in [3.63, 3.8) is 0 Å². The number of nitrogens with one attached hydrogen (secondary N) is 1. The van der Waals surface area contributed by atoms with Gasteiger partial charge in [-0.1, -0.05) is 13.8 Å². The molecule has 0 atom stereocenters. The minimum Gasteiger partial charge on any atom is -0.493 e. The maximum absolute atomic E-state index is 12.2. The van der Waals surface area contributed by atoms with Crippen molar-refractivity contribution in [1.29, 1.82) is 0 Å². The van der Waals surface area contributed by atoms with E-state index in [-0.39, 0.29) is 5.56 Å². The molecule has 172 valence electrons. The summed E-state index contributed by atoms with van der Waals surface area (Å²) in [6, 6.07) is 8.99. The molecule has 0 unspecified atom stereocenters. The standard InChI is InChI=1S/C27H37N3O2/c1-17(2)25-23-14-22(32-16-20-9-11-30(12-10-20)18(3)4)7-8-24(23)28-26(25)21-13-19(5)27(31)29(6)15-21/h7-8,13-15,17-18,20,28H,9-12,16H2,1-6H3. The van der Waals surface area contributed by atoms with Crippen LogP contribution in [0.25, 0.3) is 22.2 Å². The van der Waals surface area contributed by atoms with Crippen molar-refractivity contribution in [2.24, 2.45) is 13.0 Å². The van der Waals surface area contributed by atoms with Crippen molar-refractivity contribution in [2.75, 3.05) is 19.7 Å². The van der Waals surface area contributed by atoms with Crippen LogP contribution in [0.2, 0.25) is 0 Å². The first-order valence-electron chi connectivity index (χ1n) is 11.9. The van der Waals surface area contributed by atoms with E-state index in [2.05, 4.69) is 55.8 Å². The lowest BCUT2D eigenvalue weighted by Gasteiger charge is -2.34. The first kappa shape index (κ1) is 22.7. The smallest absolute Gasteiger partial charge is 0.253 e. The van der Waals surface area contributed by atoms with E-state index < -0.39 is 0 Å². The maximum Gasteiger partial charge on any atom is 0.253 e. The van der Waals surface area contributed by atoms with Gasteiger partial charge in [0, 0.05) is 41.3 Å². The van der Waals surface area contributed by atoms with Gasteiger partial charge in [-0.2, -0.15) is 0 Å². The molecule has 1 aliphatic rings. The third kappa shape index (κ3) is 4.49. The Labute approximate surface area is 191 Å². The van der Waals surface area contributed by atoms with Crippen molar-refractivity contribution >= 4 is 10.9 Å². The molecule has 0 radical (unpaired) electrons. The molecule has 5 nitrogen and oxygen atoms in total. The van der Waals surface area contributed by atoms with Gasteiger partial charge >= 0.3 is 0 Å². The molecule has 1 fully saturated rings. The third-order valence-corrected chi connectivity index (χ3v) is 6.90. The van der Waals surface area contributed by atoms with E-state index in [1.165, 1.54) is 36.9 Å². The molecular formula is C27H37N3O2. The van der Waals surface area contributed by atoms with Crippen LogP contribution >= 0.6 is 0 Å². The van der Waals surface area contributed by atoms with E-state index in [0.29, 0.717) is 17.9 Å². The molecule has 0 bridgehead atoms. The van der Waals surface area contributed by atoms with Gasteiger partial charge in [0.2, 0.25) is 0 Å². The molecular weight excluding hydrogens is 398 g/mol. The SMILES string of the molecule is Cc1cc(-c2[nH]c3ccc(OCC4CCN(C(C)C)CC4)cc3c2C(C)C)cn(C)c1=O. The minimum atomic E-state index is 0.0471. The molecule has 3 heterocycles. The van der Waals surface area contributed by atoms with Crippen molar-refractivity contribution < 1.29 is 4.74 Å². The second-order valence-electron chi connectivity index (χ2n) is 9.99. The van der Waals surface area contributed by atoms with Crippen molar-refractivity contribution in [3.8, 4) is 17.0 Å². The highest BCUT2D eigenvalue weighted by Gasteiger charge is 2.22. The average molecular weight is 436 g/mol. The van der Waals surface area contributed by atoms with Gasteiger partial charge < -0.3 is 19.2 Å². The van der Waals surface area contributed by atoms with Crippen molar-refractivity contribution in [3.05, 3.63) is 51.9 Å². The topological polar surface area (TPSA) is 50.3 Å². The van der Waals surface area contributed by atoms with E-state index in [1.54, 1.807) is 4.57 Å². The molecule has 0 aliphatic carbocycles. The van der Waals surface area contributed by atoms with Gasteiger partial charge in [-0.3, -0.25) is 4.79 Å². The Morgan fingerprint density at radius 3 is 2.47 bits per heavy atom. The molecule has 0 saturated carbocycles. The Hall–Kier alpha value is -2.53. The predicted octanol–water partition coefficient (Wildman–Crippen LogP) is 5.46. The Morgan fingerprint density at radius 1 is 1.12 bits per heavy atom. The fourth-order valence-electron chi connectivity index (χ4n) is 4.97. The number of piperidine rings is 1. The number of ether oxygens (including phenoxy) is 1. The molecule has 0 spiro atoms. The largest absolute Gasteiger partial charge is 0.493 e. The van der Waals surface area contributed by atoms with Gasteiger partial charge in [0.1, 0.15) is 5.75 Å². The zero-order valence-corrected chi connectivity index (χ0v) is 20.4. The highest BCUT2D eigenvalue weighted by Crippen LogP contribution is 2.37. The molecule has 1 saturated heterocycles. The first-order chi connectivity index (χ1) is 15.2. The molecule has 2 aromatic heterocycles. The lowest BCUT2D eigenvalue weighted by Crippen LogP contribution is -2.39. The number of rotatable bonds is 6. The third-order valence-electron chi connectivity index (χ3n) is 6.90. The molecule has 1 aliphatic heterocycles. The summed E-state index contributed by atoms with van der Waals surface area (Å²) in [5.74, 6) is 1.90. The number of fused-ring (bicyclic) bond motifs is 1. The predicted molar refractivity (Wildman–Crippen MR) is 133 cm³/mol. The summed E-state index contributed by atoms with van der Waals surface area (Å²) in [6.07, 6.45) is 4.34. The lowest BCUT2D eigenvalue weighted by atomic mass is 9.96. The number of H-pyrrole nitrogens is 1. The van der Waals surface area contributed by atoms with Crippen LogP contribution in [0.5, 0.6) is 5.75 Å². The van der Waals surface area contributed by atoms with Crippen LogP contribution < -0.4 is 10.3 Å². The molecule has 4 rings (SSSR count). The first-order valence-corrected chi connectivity index (χ1v) is 11.9. The fraction of sp³-hybridized carbons (Fsp3) is 0.519. The zero-order valence-electron chi connectivity index (χ0n) is 20.4. The van der Waals surface area contributed by atoms with Crippen molar-refractivity contribution in [1.82, 2.24) is 14.5 Å². The minimum absolute atomic E-state index is 0.0471. The molecule has 1 N–H and O–H groups in total. The van der Waals surface area contributed by atoms with E-state index >= 15 is 0 Å². The summed E-state index contributed by atoms with van der Waals surface area (Å²) in [7, 11) is 1.81. The molecule has 0 amide bonds. The normalized spacial score (nSPS) is 15.9. The van der Waals surface area contributed by atoms with Crippen molar-refractivity contribution in [2.45, 2.75) is 59.4 Å². The number of aromatic amines is 1. The monoisotopic (exact) mass is 435 g/mol. The summed E-state index contributed by atoms with van der Waals surface area (Å²) in [4.78, 5) is 18.3. The van der Waals surface area contributed by atoms with Gasteiger partial charge in [0.05, 0.1) is 12.3 Å². The summed E-state index contributed by atoms with van der Waals surface area (Å²) in [5.41, 5.74) is 5.31. The number of benzene rings is 1. The highest BCUT2D eigenvalue weighted by atomic mass is 16.5. The number of aromatic nitrogens is 2.